The van der Waals surface area contributed by atoms with Gasteiger partial charge in [-0.05, 0) is 40.2 Å². The molecule has 1 amide bonds. The van der Waals surface area contributed by atoms with Gasteiger partial charge >= 0.3 is 12.1 Å². The minimum atomic E-state index is -0.962. The fourth-order valence-electron chi connectivity index (χ4n) is 2.75. The summed E-state index contributed by atoms with van der Waals surface area (Å²) < 4.78 is 5.31. The third-order valence-corrected chi connectivity index (χ3v) is 3.60. The number of carbonyl (C=O) groups is 2. The number of carbonyl (C=O) groups excluding carboxylic acids is 1. The molecular weight excluding hydrogens is 248 g/mol. The quantitative estimate of drug-likeness (QED) is 0.774. The topological polar surface area (TPSA) is 70.1 Å². The van der Waals surface area contributed by atoms with E-state index in [0.717, 1.165) is 19.4 Å². The van der Waals surface area contributed by atoms with Crippen LogP contribution in [0.1, 0.15) is 33.6 Å². The summed E-state index contributed by atoms with van der Waals surface area (Å²) in [4.78, 5) is 27.0. The maximum atomic E-state index is 12.1. The maximum absolute atomic E-state index is 12.1. The lowest BCUT2D eigenvalue weighted by Gasteiger charge is -2.41. The van der Waals surface area contributed by atoms with Crippen molar-refractivity contribution in [2.24, 2.45) is 0 Å². The molecule has 2 atom stereocenters. The van der Waals surface area contributed by atoms with Gasteiger partial charge in [0.1, 0.15) is 11.6 Å². The SMILES string of the molecule is CC(C)(C)OC(=O)N1C[C@H]2CCCN2C[C@@H]1C(=O)O. The van der Waals surface area contributed by atoms with Gasteiger partial charge in [0, 0.05) is 19.1 Å². The third-order valence-electron chi connectivity index (χ3n) is 3.60. The third kappa shape index (κ3) is 3.18. The number of nitrogens with zero attached hydrogens (tertiary/aromatic N) is 2. The molecule has 0 saturated carbocycles. The van der Waals surface area contributed by atoms with Gasteiger partial charge in [-0.15, -0.1) is 0 Å². The van der Waals surface area contributed by atoms with Crippen molar-refractivity contribution < 1.29 is 19.4 Å². The number of hydrogen-bond donors (Lipinski definition) is 1. The van der Waals surface area contributed by atoms with Crippen molar-refractivity contribution in [2.45, 2.75) is 51.3 Å². The second-order valence-electron chi connectivity index (χ2n) is 6.28. The number of piperazine rings is 1. The van der Waals surface area contributed by atoms with E-state index in [1.807, 2.05) is 0 Å². The van der Waals surface area contributed by atoms with E-state index in [1.54, 1.807) is 20.8 Å². The average molecular weight is 270 g/mol. The summed E-state index contributed by atoms with van der Waals surface area (Å²) in [5, 5.41) is 9.30. The Hall–Kier alpha value is -1.30. The number of carboxylic acid groups (broad SMARTS) is 1. The highest BCUT2D eigenvalue weighted by Crippen LogP contribution is 2.26. The van der Waals surface area contributed by atoms with Gasteiger partial charge in [0.15, 0.2) is 0 Å². The maximum Gasteiger partial charge on any atom is 0.411 e. The molecule has 6 heteroatoms. The summed E-state index contributed by atoms with van der Waals surface area (Å²) in [6, 6.07) is -0.521. The Morgan fingerprint density at radius 2 is 1.95 bits per heavy atom. The van der Waals surface area contributed by atoms with Gasteiger partial charge in [-0.1, -0.05) is 0 Å². The van der Waals surface area contributed by atoms with Gasteiger partial charge in [-0.2, -0.15) is 0 Å². The van der Waals surface area contributed by atoms with Crippen LogP contribution >= 0.6 is 0 Å². The highest BCUT2D eigenvalue weighted by Gasteiger charge is 2.43. The minimum absolute atomic E-state index is 0.281. The van der Waals surface area contributed by atoms with E-state index in [0.29, 0.717) is 13.1 Å². The molecule has 0 aromatic rings. The summed E-state index contributed by atoms with van der Waals surface area (Å²) in [5.74, 6) is -0.962. The van der Waals surface area contributed by atoms with E-state index in [4.69, 9.17) is 4.74 Å². The van der Waals surface area contributed by atoms with Crippen LogP contribution in [0.25, 0.3) is 0 Å². The lowest BCUT2D eigenvalue weighted by atomic mass is 10.1. The molecule has 0 aliphatic carbocycles. The zero-order chi connectivity index (χ0) is 14.2. The summed E-state index contributed by atoms with van der Waals surface area (Å²) >= 11 is 0. The Morgan fingerprint density at radius 1 is 1.26 bits per heavy atom. The summed E-state index contributed by atoms with van der Waals surface area (Å²) in [7, 11) is 0. The van der Waals surface area contributed by atoms with Gasteiger partial charge in [0.05, 0.1) is 0 Å². The van der Waals surface area contributed by atoms with Crippen molar-refractivity contribution in [3.8, 4) is 0 Å². The highest BCUT2D eigenvalue weighted by atomic mass is 16.6. The van der Waals surface area contributed by atoms with Crippen LogP contribution in [-0.2, 0) is 9.53 Å². The molecule has 0 radical (unpaired) electrons. The Morgan fingerprint density at radius 3 is 2.53 bits per heavy atom. The molecule has 108 valence electrons. The summed E-state index contributed by atoms with van der Waals surface area (Å²) in [6.07, 6.45) is 1.57. The molecule has 2 fully saturated rings. The predicted octanol–water partition coefficient (Wildman–Crippen LogP) is 1.15. The van der Waals surface area contributed by atoms with E-state index in [2.05, 4.69) is 4.90 Å². The van der Waals surface area contributed by atoms with Gasteiger partial charge in [0.25, 0.3) is 0 Å². The lowest BCUT2D eigenvalue weighted by molar-refractivity contribution is -0.146. The number of aliphatic carboxylic acids is 1. The van der Waals surface area contributed by atoms with Crippen LogP contribution in [0.3, 0.4) is 0 Å². The van der Waals surface area contributed by atoms with Crippen LogP contribution < -0.4 is 0 Å². The van der Waals surface area contributed by atoms with E-state index in [1.165, 1.54) is 4.90 Å². The standard InChI is InChI=1S/C13H22N2O4/c1-13(2,3)19-12(18)15-7-9-5-4-6-14(9)8-10(15)11(16)17/h9-10H,4-8H2,1-3H3,(H,16,17)/t9-,10-/m1/s1. The number of ether oxygens (including phenoxy) is 1. The van der Waals surface area contributed by atoms with Gasteiger partial charge in [0.2, 0.25) is 0 Å². The first kappa shape index (κ1) is 14.1. The fourth-order valence-corrected chi connectivity index (χ4v) is 2.75. The van der Waals surface area contributed by atoms with E-state index < -0.39 is 23.7 Å². The van der Waals surface area contributed by atoms with Crippen LogP contribution in [0.2, 0.25) is 0 Å². The fraction of sp³-hybridized carbons (Fsp3) is 0.846. The molecule has 2 aliphatic heterocycles. The molecule has 0 unspecified atom stereocenters. The van der Waals surface area contributed by atoms with Crippen molar-refractivity contribution in [2.75, 3.05) is 19.6 Å². The molecule has 0 aromatic heterocycles. The molecule has 2 aliphatic rings. The van der Waals surface area contributed by atoms with Gasteiger partial charge in [-0.3, -0.25) is 9.80 Å². The van der Waals surface area contributed by atoms with Gasteiger partial charge in [-0.25, -0.2) is 9.59 Å². The summed E-state index contributed by atoms with van der Waals surface area (Å²) in [6.45, 7) is 7.13. The second kappa shape index (κ2) is 5.00. The first-order valence-electron chi connectivity index (χ1n) is 6.74. The zero-order valence-electron chi connectivity index (χ0n) is 11.8. The highest BCUT2D eigenvalue weighted by molar-refractivity contribution is 5.80. The molecule has 6 nitrogen and oxygen atoms in total. The Labute approximate surface area is 113 Å². The molecule has 0 spiro atoms. The number of fused-ring (bicyclic) bond motifs is 1. The molecular formula is C13H22N2O4. The van der Waals surface area contributed by atoms with Crippen LogP contribution in [0.4, 0.5) is 4.79 Å². The molecule has 2 saturated heterocycles. The largest absolute Gasteiger partial charge is 0.480 e. The van der Waals surface area contributed by atoms with E-state index in [-0.39, 0.29) is 6.04 Å². The normalized spacial score (nSPS) is 28.1. The summed E-state index contributed by atoms with van der Waals surface area (Å²) in [5.41, 5.74) is -0.604. The molecule has 0 bridgehead atoms. The lowest BCUT2D eigenvalue weighted by Crippen LogP contribution is -2.61. The van der Waals surface area contributed by atoms with E-state index in [9.17, 15) is 14.7 Å². The second-order valence-corrected chi connectivity index (χ2v) is 6.28. The molecule has 0 aromatic carbocycles. The first-order valence-corrected chi connectivity index (χ1v) is 6.74. The van der Waals surface area contributed by atoms with Crippen LogP contribution in [-0.4, -0.2) is 64.3 Å². The monoisotopic (exact) mass is 270 g/mol. The van der Waals surface area contributed by atoms with Crippen LogP contribution in [0, 0.1) is 0 Å². The van der Waals surface area contributed by atoms with Crippen LogP contribution in [0.5, 0.6) is 0 Å². The van der Waals surface area contributed by atoms with Crippen molar-refractivity contribution in [1.29, 1.82) is 0 Å². The van der Waals surface area contributed by atoms with Crippen molar-refractivity contribution in [1.82, 2.24) is 9.80 Å². The Balaban J connectivity index is 2.11. The zero-order valence-corrected chi connectivity index (χ0v) is 11.8. The average Bonchev–Trinajstić information content (AvgIpc) is 2.71. The molecule has 2 heterocycles. The smallest absolute Gasteiger partial charge is 0.411 e. The molecule has 2 rings (SSSR count). The first-order chi connectivity index (χ1) is 8.78. The minimum Gasteiger partial charge on any atom is -0.480 e. The predicted molar refractivity (Wildman–Crippen MR) is 69.0 cm³/mol. The number of rotatable bonds is 1. The van der Waals surface area contributed by atoms with E-state index >= 15 is 0 Å². The number of amides is 1. The molecule has 19 heavy (non-hydrogen) atoms. The Bertz CT molecular complexity index is 377. The van der Waals surface area contributed by atoms with Crippen molar-refractivity contribution >= 4 is 12.1 Å². The van der Waals surface area contributed by atoms with Gasteiger partial charge < -0.3 is 9.84 Å². The number of hydrogen-bond acceptors (Lipinski definition) is 4. The van der Waals surface area contributed by atoms with Crippen molar-refractivity contribution in [3.05, 3.63) is 0 Å². The van der Waals surface area contributed by atoms with Crippen LogP contribution in [0.15, 0.2) is 0 Å². The molecule has 1 N–H and O–H groups in total. The van der Waals surface area contributed by atoms with Crippen molar-refractivity contribution in [3.63, 3.8) is 0 Å². The number of carboxylic acids is 1. The Kier molecular flexibility index (Phi) is 3.71.